The van der Waals surface area contributed by atoms with E-state index in [4.69, 9.17) is 28.4 Å². The number of benzene rings is 9. The third-order valence-corrected chi connectivity index (χ3v) is 22.9. The summed E-state index contributed by atoms with van der Waals surface area (Å²) in [6.07, 6.45) is 11.7. The number of ether oxygens (including phenoxy) is 6. The van der Waals surface area contributed by atoms with Gasteiger partial charge < -0.3 is 29.9 Å². The maximum atomic E-state index is 10.5. The molecular weight excluding hydrogens is 1210 g/mol. The van der Waals surface area contributed by atoms with Crippen LogP contribution >= 0.6 is 20.8 Å². The van der Waals surface area contributed by atoms with Crippen LogP contribution in [-0.4, -0.2) is 78.9 Å². The van der Waals surface area contributed by atoms with Crippen LogP contribution < -0.4 is 25.4 Å². The van der Waals surface area contributed by atoms with Gasteiger partial charge in [0.1, 0.15) is 12.6 Å². The number of nitrogens with zero attached hydrogens (tertiary/aromatic N) is 1. The number of carbonyl (C=O) groups is 2. The quantitative estimate of drug-likeness (QED) is 0.00843. The number of halogens is 1. The topological polar surface area (TPSA) is 214 Å². The van der Waals surface area contributed by atoms with Crippen LogP contribution in [0.15, 0.2) is 225 Å². The van der Waals surface area contributed by atoms with Crippen molar-refractivity contribution in [2.75, 3.05) is 41.0 Å². The normalized spacial score (nSPS) is 11.5. The zero-order chi connectivity index (χ0) is 63.9. The number of phenolic OH excluding ortho intramolecular Hbond substituents is 4. The Morgan fingerprint density at radius 3 is 1.21 bits per heavy atom. The van der Waals surface area contributed by atoms with Gasteiger partial charge in [-0.2, -0.15) is 0 Å². The largest absolute Gasteiger partial charge is 0.504 e. The van der Waals surface area contributed by atoms with Gasteiger partial charge in [-0.05, 0) is 65.9 Å². The summed E-state index contributed by atoms with van der Waals surface area (Å²) in [7, 11) is 3.20. The van der Waals surface area contributed by atoms with Crippen LogP contribution in [0.2, 0.25) is 0 Å². The fourth-order valence-corrected chi connectivity index (χ4v) is 16.6. The first-order chi connectivity index (χ1) is 43.1. The predicted octanol–water partition coefficient (Wildman–Crippen LogP) is 15.2. The molecule has 0 saturated carbocycles. The summed E-state index contributed by atoms with van der Waals surface area (Å²) >= 11 is 4.51. The minimum atomic E-state index is -3.12. The Morgan fingerprint density at radius 2 is 0.831 bits per heavy atom. The summed E-state index contributed by atoms with van der Waals surface area (Å²) in [4.78, 5) is 30.7. The second-order valence-corrected chi connectivity index (χ2v) is 28.4. The Morgan fingerprint density at radius 1 is 0.461 bits per heavy atom. The molecule has 0 aromatic heterocycles. The molecule has 89 heavy (non-hydrogen) atoms. The zero-order valence-electron chi connectivity index (χ0n) is 49.7. The average molecular weight is 1290 g/mol. The van der Waals surface area contributed by atoms with Gasteiger partial charge in [0.05, 0.1) is 4.92 Å². The van der Waals surface area contributed by atoms with Crippen molar-refractivity contribution in [3.05, 3.63) is 285 Å². The van der Waals surface area contributed by atoms with Gasteiger partial charge in [-0.1, -0.05) is 109 Å². The van der Waals surface area contributed by atoms with Crippen LogP contribution in [0, 0.1) is 10.1 Å². The summed E-state index contributed by atoms with van der Waals surface area (Å²) in [5, 5.41) is 48.0. The molecule has 0 aliphatic carbocycles. The number of hydrogen-bond acceptors (Lipinski definition) is 14. The van der Waals surface area contributed by atoms with Crippen molar-refractivity contribution in [3.63, 3.8) is 0 Å². The molecule has 0 spiro atoms. The molecule has 17 heteroatoms. The first-order valence-corrected chi connectivity index (χ1v) is 32.5. The smallest absolute Gasteiger partial charge is 0.235 e. The number of phenols is 4. The molecule has 9 rings (SSSR count). The Bertz CT molecular complexity index is 3630. The maximum Gasteiger partial charge on any atom is 0.235 e. The Hall–Kier alpha value is -9.51. The number of aromatic hydroxyl groups is 4. The van der Waals surface area contributed by atoms with E-state index in [-0.39, 0.29) is 42.9 Å². The van der Waals surface area contributed by atoms with Crippen molar-refractivity contribution in [1.82, 2.24) is 0 Å². The fraction of sp³-hybridized carbons (Fsp3) is 0.139. The van der Waals surface area contributed by atoms with Gasteiger partial charge in [0, 0.05) is 36.0 Å². The summed E-state index contributed by atoms with van der Waals surface area (Å²) < 4.78 is 32.8. The molecule has 4 N–H and O–H groups in total. The Balaban J connectivity index is 0.000000201. The van der Waals surface area contributed by atoms with E-state index < -0.39 is 10.2 Å². The summed E-state index contributed by atoms with van der Waals surface area (Å²) in [6, 6.07) is 69.0. The summed E-state index contributed by atoms with van der Waals surface area (Å²) in [6.45, 7) is 5.30. The number of aldehydes is 2. The molecular formula is C72H71BrNO14P. The van der Waals surface area contributed by atoms with E-state index in [9.17, 15) is 40.1 Å². The molecule has 0 heterocycles. The molecule has 0 fully saturated rings. The molecule has 460 valence electrons. The summed E-state index contributed by atoms with van der Waals surface area (Å²) in [5.41, 5.74) is 7.49. The van der Waals surface area contributed by atoms with Crippen molar-refractivity contribution in [2.24, 2.45) is 0 Å². The number of hydrogen-bond donors (Lipinski definition) is 4. The van der Waals surface area contributed by atoms with E-state index >= 15 is 0 Å². The van der Waals surface area contributed by atoms with Crippen molar-refractivity contribution in [3.8, 4) is 34.5 Å². The maximum absolute atomic E-state index is 10.5. The first kappa shape index (κ1) is 68.6. The third kappa shape index (κ3) is 20.3. The fourth-order valence-electron chi connectivity index (χ4n) is 8.91. The van der Waals surface area contributed by atoms with Crippen molar-refractivity contribution >= 4 is 79.7 Å². The van der Waals surface area contributed by atoms with Crippen LogP contribution in [0.1, 0.15) is 79.8 Å². The first-order valence-electron chi connectivity index (χ1n) is 28.1. The second-order valence-electron chi connectivity index (χ2n) is 19.5. The van der Waals surface area contributed by atoms with E-state index in [0.29, 0.717) is 35.8 Å². The van der Waals surface area contributed by atoms with E-state index in [2.05, 4.69) is 113 Å². The van der Waals surface area contributed by atoms with Gasteiger partial charge >= 0.3 is 216 Å². The zero-order valence-corrected chi connectivity index (χ0v) is 52.1. The molecule has 0 aliphatic heterocycles. The molecule has 0 unspecified atom stereocenters. The van der Waals surface area contributed by atoms with Gasteiger partial charge in [-0.25, -0.2) is 0 Å². The van der Waals surface area contributed by atoms with Crippen LogP contribution in [0.3, 0.4) is 0 Å². The van der Waals surface area contributed by atoms with E-state index in [0.717, 1.165) is 63.9 Å². The molecule has 0 bridgehead atoms. The van der Waals surface area contributed by atoms with E-state index in [1.807, 2.05) is 80.6 Å². The standard InChI is InChI=1S/C29H30BrO4P.C16H13NO4.C15H12O3.C12H16O3/c1-31-22-33-28-19-18-24(20-29(28)34-23-32-2)21-35(30,25-12-6-3-7-13-25,26-14-8-4-9-15-26)27-16-10-5-11-17-27;18-15-8-7-14(11-16(15)19)6-5-12-1-3-13(4-2-12)9-10-17(20)21;16-10-13-5-2-11(3-6-13)1-4-12-7-8-14(17)15(18)9-12;1-3-14-12(15-4-2)11-7-5-10(9-13)6-8-11/h3-20H,21-23H2,1-2H3;1-11,18-19H;1-10,17-18H;5-9,12H,3-4H2,1-2H3/b;6-5+,10-9+;;. The molecule has 0 amide bonds. The van der Waals surface area contributed by atoms with E-state index in [1.165, 1.54) is 46.3 Å². The SMILES string of the molecule is CCOC(OCC)c1ccc(C=O)cc1.COCOc1ccc(CP(Br)(c2ccccc2)(c2ccccc2)c2ccccc2)cc1OCOC.O=Cc1ccc(C=Cc2ccc(O)c(O)c2)cc1.O=[N+]([O-])/C=C/c1ccc(/C=C/c2ccc(O)c(O)c2)cc1. The predicted molar refractivity (Wildman–Crippen MR) is 359 cm³/mol. The second kappa shape index (κ2) is 35.3. The van der Waals surface area contributed by atoms with Crippen molar-refractivity contribution in [1.29, 1.82) is 0 Å². The molecule has 0 aliphatic rings. The van der Waals surface area contributed by atoms with Crippen molar-refractivity contribution in [2.45, 2.75) is 26.3 Å². The van der Waals surface area contributed by atoms with Gasteiger partial charge in [0.25, 0.3) is 0 Å². The molecule has 9 aromatic rings. The van der Waals surface area contributed by atoms with Crippen LogP contribution in [-0.2, 0) is 25.1 Å². The van der Waals surface area contributed by atoms with Gasteiger partial charge in [-0.15, -0.1) is 0 Å². The number of rotatable bonds is 24. The van der Waals surface area contributed by atoms with Gasteiger partial charge in [-0.3, -0.25) is 19.7 Å². The minimum Gasteiger partial charge on any atom is -0.504 e. The molecule has 0 saturated heterocycles. The number of methoxy groups -OCH3 is 2. The molecule has 0 radical (unpaired) electrons. The summed E-state index contributed by atoms with van der Waals surface area (Å²) in [5.74, 6) is 0.622. The number of nitro groups is 1. The monoisotopic (exact) mass is 1280 g/mol. The van der Waals surface area contributed by atoms with Crippen molar-refractivity contribution < 1.29 is 63.4 Å². The Labute approximate surface area is 526 Å². The number of carbonyl (C=O) groups excluding carboxylic acids is 2. The average Bonchev–Trinajstić information content (AvgIpc) is 0.738. The van der Waals surface area contributed by atoms with Gasteiger partial charge in [0.15, 0.2) is 29.3 Å². The Kier molecular flexibility index (Phi) is 27.2. The molecule has 15 nitrogen and oxygen atoms in total. The minimum absolute atomic E-state index is 0.126. The van der Waals surface area contributed by atoms with E-state index in [1.54, 1.807) is 68.8 Å². The van der Waals surface area contributed by atoms with Gasteiger partial charge in [0.2, 0.25) is 6.20 Å². The molecule has 0 atom stereocenters. The van der Waals surface area contributed by atoms with Crippen LogP contribution in [0.5, 0.6) is 34.5 Å². The third-order valence-electron chi connectivity index (χ3n) is 13.3. The van der Waals surface area contributed by atoms with Crippen LogP contribution in [0.25, 0.3) is 30.4 Å². The van der Waals surface area contributed by atoms with Crippen LogP contribution in [0.4, 0.5) is 0 Å². The molecule has 9 aromatic carbocycles.